The van der Waals surface area contributed by atoms with Crippen LogP contribution in [-0.4, -0.2) is 51.1 Å². The number of carbonyl (C=O) groups excluding carboxylic acids is 2. The summed E-state index contributed by atoms with van der Waals surface area (Å²) in [5.74, 6) is -3.63. The molecule has 0 spiro atoms. The molecule has 2 atom stereocenters. The number of aromatic nitrogens is 3. The van der Waals surface area contributed by atoms with Gasteiger partial charge in [0.2, 0.25) is 5.91 Å². The summed E-state index contributed by atoms with van der Waals surface area (Å²) >= 11 is 6.47. The minimum Gasteiger partial charge on any atom is -0.489 e. The largest absolute Gasteiger partial charge is 0.586 e. The number of ether oxygens (including phenoxy) is 3. The number of primary amides is 1. The maximum Gasteiger partial charge on any atom is 0.586 e. The normalized spacial score (nSPS) is 22.1. The molecule has 11 nitrogen and oxygen atoms in total. The summed E-state index contributed by atoms with van der Waals surface area (Å²) in [7, 11) is 0. The number of aliphatic hydroxyl groups is 1. The molecule has 0 saturated heterocycles. The van der Waals surface area contributed by atoms with Crippen molar-refractivity contribution in [2.24, 2.45) is 11.7 Å². The van der Waals surface area contributed by atoms with Gasteiger partial charge in [-0.1, -0.05) is 11.6 Å². The molecule has 0 radical (unpaired) electrons. The number of fused-ring (bicyclic) bond motifs is 3. The van der Waals surface area contributed by atoms with Crippen LogP contribution in [0.3, 0.4) is 0 Å². The zero-order valence-electron chi connectivity index (χ0n) is 24.8. The molecule has 2 aromatic heterocycles. The molecule has 0 bridgehead atoms. The number of nitrogens with two attached hydrogens (primary N) is 1. The molecule has 4 aromatic rings. The second-order valence-corrected chi connectivity index (χ2v) is 13.2. The topological polar surface area (TPSA) is 151 Å². The highest BCUT2D eigenvalue weighted by Crippen LogP contribution is 2.52. The lowest BCUT2D eigenvalue weighted by atomic mass is 9.80. The predicted octanol–water partition coefficient (Wildman–Crippen LogP) is 4.71. The van der Waals surface area contributed by atoms with Crippen LogP contribution in [0.15, 0.2) is 36.5 Å². The lowest BCUT2D eigenvalue weighted by Crippen LogP contribution is -2.45. The zero-order chi connectivity index (χ0) is 33.0. The van der Waals surface area contributed by atoms with E-state index in [0.717, 1.165) is 12.8 Å². The molecular weight excluding hydrogens is 643 g/mol. The van der Waals surface area contributed by atoms with E-state index in [-0.39, 0.29) is 51.3 Å². The monoisotopic (exact) mass is 669 g/mol. The zero-order valence-corrected chi connectivity index (χ0v) is 25.5. The molecule has 8 rings (SSSR count). The average Bonchev–Trinajstić information content (AvgIpc) is 3.95. The Labute approximate surface area is 269 Å². The second-order valence-electron chi connectivity index (χ2n) is 12.8. The third-order valence-corrected chi connectivity index (χ3v) is 9.60. The number of halogens is 4. The van der Waals surface area contributed by atoms with Crippen molar-refractivity contribution in [2.75, 3.05) is 13.2 Å². The Bertz CT molecular complexity index is 2030. The van der Waals surface area contributed by atoms with Gasteiger partial charge in [0.15, 0.2) is 23.1 Å². The molecule has 4 aliphatic rings. The van der Waals surface area contributed by atoms with Crippen molar-refractivity contribution in [1.82, 2.24) is 20.1 Å². The van der Waals surface area contributed by atoms with Gasteiger partial charge < -0.3 is 30.4 Å². The Morgan fingerprint density at radius 2 is 1.91 bits per heavy atom. The molecule has 2 fully saturated rings. The Morgan fingerprint density at radius 3 is 2.62 bits per heavy atom. The van der Waals surface area contributed by atoms with E-state index >= 15 is 4.39 Å². The molecule has 2 aliphatic carbocycles. The first-order valence-electron chi connectivity index (χ1n) is 15.0. The fraction of sp³-hybridized carbons (Fsp3) is 0.375. The van der Waals surface area contributed by atoms with Crippen LogP contribution in [0.25, 0.3) is 22.2 Å². The third-order valence-electron chi connectivity index (χ3n) is 9.31. The summed E-state index contributed by atoms with van der Waals surface area (Å²) in [6.07, 6.45) is 0.979. The molecule has 1 unspecified atom stereocenters. The maximum atomic E-state index is 16.7. The van der Waals surface area contributed by atoms with E-state index in [1.165, 1.54) is 31.2 Å². The third kappa shape index (κ3) is 4.75. The van der Waals surface area contributed by atoms with Crippen LogP contribution in [-0.2, 0) is 15.8 Å². The molecule has 2 aliphatic heterocycles. The number of hydrogen-bond donors (Lipinski definition) is 3. The van der Waals surface area contributed by atoms with Crippen molar-refractivity contribution < 1.29 is 42.1 Å². The highest BCUT2D eigenvalue weighted by Gasteiger charge is 2.53. The number of alkyl halides is 2. The lowest BCUT2D eigenvalue weighted by molar-refractivity contribution is -0.286. The van der Waals surface area contributed by atoms with Crippen molar-refractivity contribution >= 4 is 34.3 Å². The average molecular weight is 670 g/mol. The first-order chi connectivity index (χ1) is 22.3. The molecule has 244 valence electrons. The van der Waals surface area contributed by atoms with Gasteiger partial charge in [-0.3, -0.25) is 14.3 Å². The van der Waals surface area contributed by atoms with Crippen LogP contribution in [0.1, 0.15) is 60.3 Å². The van der Waals surface area contributed by atoms with Gasteiger partial charge in [0.1, 0.15) is 34.5 Å². The van der Waals surface area contributed by atoms with Crippen molar-refractivity contribution in [3.8, 4) is 28.5 Å². The maximum absolute atomic E-state index is 16.7. The van der Waals surface area contributed by atoms with Gasteiger partial charge in [0.25, 0.3) is 5.91 Å². The van der Waals surface area contributed by atoms with Crippen molar-refractivity contribution in [3.05, 3.63) is 64.2 Å². The fourth-order valence-corrected chi connectivity index (χ4v) is 6.58. The molecule has 2 saturated carbocycles. The predicted molar refractivity (Wildman–Crippen MR) is 160 cm³/mol. The number of pyridine rings is 1. The Hall–Kier alpha value is -4.56. The van der Waals surface area contributed by atoms with E-state index in [4.69, 9.17) is 22.1 Å². The highest BCUT2D eigenvalue weighted by molar-refractivity contribution is 6.35. The molecule has 15 heteroatoms. The fourth-order valence-electron chi connectivity index (χ4n) is 6.31. The Balaban J connectivity index is 1.19. The number of nitrogens with zero attached hydrogens (tertiary/aromatic N) is 3. The quantitative estimate of drug-likeness (QED) is 0.244. The number of hydrogen-bond acceptors (Lipinski definition) is 8. The molecule has 2 amide bonds. The van der Waals surface area contributed by atoms with Crippen LogP contribution in [0.2, 0.25) is 5.02 Å². The SMILES string of the molecule is C[C@]1(C(N)=O)COc2c(-c3ccc4c(c3)OC(F)(F)O4)nc(C(O)(CNC(=O)c3cc(Cl)c4nn(C5CC5)cc4c3)C3CC3)c(F)c21. The number of rotatable bonds is 8. The summed E-state index contributed by atoms with van der Waals surface area (Å²) in [5.41, 5.74) is 2.23. The van der Waals surface area contributed by atoms with E-state index in [1.807, 2.05) is 10.9 Å². The van der Waals surface area contributed by atoms with Gasteiger partial charge in [-0.05, 0) is 68.9 Å². The number of amides is 2. The van der Waals surface area contributed by atoms with Crippen LogP contribution in [0.5, 0.6) is 17.2 Å². The van der Waals surface area contributed by atoms with Gasteiger partial charge in [-0.25, -0.2) is 9.37 Å². The second kappa shape index (κ2) is 9.97. The summed E-state index contributed by atoms with van der Waals surface area (Å²) in [5, 5.41) is 20.4. The highest BCUT2D eigenvalue weighted by atomic mass is 35.5. The standard InChI is InChI=1S/C32H27ClF3N5O6/c1-30(29(37)43)13-45-26-22(30)23(34)27(39-25(26)14-2-7-20-21(10-14)47-32(35,36)46-20)31(44,17-3-4-17)12-38-28(42)15-8-16-11-41(18-5-6-18)40-24(16)19(33)9-15/h2,7-11,17-18,44H,3-6,12-13H2,1H3,(H2,37,43)(H,38,42)/t30-,31?/m0/s1. The van der Waals surface area contributed by atoms with Crippen molar-refractivity contribution in [2.45, 2.75) is 56.0 Å². The first kappa shape index (κ1) is 29.8. The van der Waals surface area contributed by atoms with E-state index in [1.54, 1.807) is 6.07 Å². The van der Waals surface area contributed by atoms with Crippen LogP contribution in [0, 0.1) is 11.7 Å². The van der Waals surface area contributed by atoms with Gasteiger partial charge >= 0.3 is 6.29 Å². The smallest absolute Gasteiger partial charge is 0.489 e. The number of nitrogens with one attached hydrogen (secondary N) is 1. The minimum atomic E-state index is -3.89. The van der Waals surface area contributed by atoms with E-state index in [0.29, 0.717) is 29.8 Å². The van der Waals surface area contributed by atoms with Gasteiger partial charge in [0, 0.05) is 22.7 Å². The van der Waals surface area contributed by atoms with Gasteiger partial charge in [0.05, 0.1) is 23.2 Å². The Kier molecular flexibility index (Phi) is 6.33. The van der Waals surface area contributed by atoms with Crippen molar-refractivity contribution in [3.63, 3.8) is 0 Å². The number of benzene rings is 2. The molecule has 4 N–H and O–H groups in total. The first-order valence-corrected chi connectivity index (χ1v) is 15.4. The minimum absolute atomic E-state index is 0.0432. The Morgan fingerprint density at radius 1 is 1.17 bits per heavy atom. The van der Waals surface area contributed by atoms with E-state index in [2.05, 4.69) is 24.9 Å². The summed E-state index contributed by atoms with van der Waals surface area (Å²) < 4.78 is 61.0. The van der Waals surface area contributed by atoms with Crippen LogP contribution < -0.4 is 25.3 Å². The molecule has 4 heterocycles. The lowest BCUT2D eigenvalue weighted by Gasteiger charge is -2.30. The summed E-state index contributed by atoms with van der Waals surface area (Å²) in [6, 6.07) is 7.26. The van der Waals surface area contributed by atoms with Crippen molar-refractivity contribution in [1.29, 1.82) is 0 Å². The van der Waals surface area contributed by atoms with Gasteiger partial charge in [-0.2, -0.15) is 5.10 Å². The number of carbonyl (C=O) groups is 2. The molecule has 2 aromatic carbocycles. The molecular formula is C32H27ClF3N5O6. The van der Waals surface area contributed by atoms with E-state index in [9.17, 15) is 23.5 Å². The summed E-state index contributed by atoms with van der Waals surface area (Å²) in [6.45, 7) is 0.632. The van der Waals surface area contributed by atoms with E-state index < -0.39 is 53.1 Å². The summed E-state index contributed by atoms with van der Waals surface area (Å²) in [4.78, 5) is 30.6. The molecule has 47 heavy (non-hydrogen) atoms. The van der Waals surface area contributed by atoms with Gasteiger partial charge in [-0.15, -0.1) is 8.78 Å². The van der Waals surface area contributed by atoms with Crippen LogP contribution >= 0.6 is 11.6 Å². The van der Waals surface area contributed by atoms with Crippen LogP contribution in [0.4, 0.5) is 13.2 Å².